The smallest absolute Gasteiger partial charge is 0.0488 e. The van der Waals surface area contributed by atoms with Crippen LogP contribution in [0.5, 0.6) is 0 Å². The van der Waals surface area contributed by atoms with Gasteiger partial charge in [0.05, 0.1) is 0 Å². The second-order valence-electron chi connectivity index (χ2n) is 16.3. The average molecular weight is 576 g/mol. The van der Waals surface area contributed by atoms with Crippen LogP contribution >= 0.6 is 11.3 Å². The van der Waals surface area contributed by atoms with E-state index in [1.807, 2.05) is 11.3 Å². The van der Waals surface area contributed by atoms with Crippen molar-refractivity contribution in [1.29, 1.82) is 0 Å². The largest absolute Gasteiger partial charge is 0.398 e. The van der Waals surface area contributed by atoms with Gasteiger partial charge in [0, 0.05) is 31.4 Å². The Hall–Kier alpha value is -3.10. The lowest BCUT2D eigenvalue weighted by atomic mass is 9.78. The van der Waals surface area contributed by atoms with E-state index in [1.165, 1.54) is 59.1 Å². The van der Waals surface area contributed by atoms with Crippen LogP contribution in [0.2, 0.25) is 0 Å². The summed E-state index contributed by atoms with van der Waals surface area (Å²) in [6.07, 6.45) is 0. The summed E-state index contributed by atoms with van der Waals surface area (Å²) in [5.74, 6) is 0. The van der Waals surface area contributed by atoms with Gasteiger partial charge in [-0.15, -0.1) is 11.3 Å². The SMILES string of the molecule is CC(C)(C)c1cc(-c2ccc3sc4cccc(-c5cc(C(C)(C)C)cc(C(C)(C)C)c5)c4c3c2N)cc(C(C)(C)C)c1. The molecule has 0 aliphatic carbocycles. The van der Waals surface area contributed by atoms with Gasteiger partial charge in [-0.3, -0.25) is 0 Å². The molecule has 0 amide bonds. The minimum Gasteiger partial charge on any atom is -0.398 e. The van der Waals surface area contributed by atoms with Gasteiger partial charge in [0.15, 0.2) is 0 Å². The Labute approximate surface area is 258 Å². The van der Waals surface area contributed by atoms with Gasteiger partial charge in [-0.25, -0.2) is 0 Å². The van der Waals surface area contributed by atoms with Crippen LogP contribution < -0.4 is 5.73 Å². The summed E-state index contributed by atoms with van der Waals surface area (Å²) in [4.78, 5) is 0. The van der Waals surface area contributed by atoms with Crippen LogP contribution in [0.25, 0.3) is 42.4 Å². The summed E-state index contributed by atoms with van der Waals surface area (Å²) in [7, 11) is 0. The Kier molecular flexibility index (Phi) is 7.22. The normalized spacial score (nSPS) is 13.3. The van der Waals surface area contributed by atoms with Crippen LogP contribution in [0.4, 0.5) is 5.69 Å². The number of nitrogen functional groups attached to an aromatic ring is 1. The summed E-state index contributed by atoms with van der Waals surface area (Å²) in [5.41, 5.74) is 18.6. The molecule has 0 unspecified atom stereocenters. The Morgan fingerprint density at radius 2 is 0.857 bits per heavy atom. The maximum absolute atomic E-state index is 7.23. The van der Waals surface area contributed by atoms with E-state index in [2.05, 4.69) is 150 Å². The Bertz CT molecular complexity index is 1740. The molecule has 0 saturated carbocycles. The van der Waals surface area contributed by atoms with Crippen molar-refractivity contribution in [3.63, 3.8) is 0 Å². The number of benzene rings is 4. The van der Waals surface area contributed by atoms with Gasteiger partial charge in [-0.1, -0.05) is 138 Å². The zero-order valence-corrected chi connectivity index (χ0v) is 28.7. The fraction of sp³-hybridized carbons (Fsp3) is 0.400. The highest BCUT2D eigenvalue weighted by atomic mass is 32.1. The first-order valence-corrected chi connectivity index (χ1v) is 16.1. The molecule has 1 nitrogen and oxygen atoms in total. The summed E-state index contributed by atoms with van der Waals surface area (Å²) >= 11 is 1.84. The minimum absolute atomic E-state index is 0.0416. The van der Waals surface area contributed by atoms with Crippen LogP contribution in [-0.4, -0.2) is 0 Å². The van der Waals surface area contributed by atoms with Crippen LogP contribution in [0.1, 0.15) is 105 Å². The van der Waals surface area contributed by atoms with Crippen molar-refractivity contribution < 1.29 is 0 Å². The first-order chi connectivity index (χ1) is 19.2. The van der Waals surface area contributed by atoms with Crippen molar-refractivity contribution in [2.45, 2.75) is 105 Å². The molecule has 5 aromatic rings. The number of hydrogen-bond acceptors (Lipinski definition) is 2. The second-order valence-corrected chi connectivity index (χ2v) is 17.4. The van der Waals surface area contributed by atoms with Gasteiger partial charge in [-0.2, -0.15) is 0 Å². The molecule has 0 fully saturated rings. The van der Waals surface area contributed by atoms with Gasteiger partial charge < -0.3 is 5.73 Å². The summed E-state index contributed by atoms with van der Waals surface area (Å²) in [5, 5.41) is 2.45. The van der Waals surface area contributed by atoms with Gasteiger partial charge >= 0.3 is 0 Å². The van der Waals surface area contributed by atoms with Crippen LogP contribution in [-0.2, 0) is 21.7 Å². The van der Waals surface area contributed by atoms with Crippen molar-refractivity contribution in [2.75, 3.05) is 5.73 Å². The highest BCUT2D eigenvalue weighted by Gasteiger charge is 2.24. The average Bonchev–Trinajstić information content (AvgIpc) is 3.26. The monoisotopic (exact) mass is 575 g/mol. The van der Waals surface area contributed by atoms with E-state index in [0.717, 1.165) is 11.3 Å². The lowest BCUT2D eigenvalue weighted by molar-refractivity contribution is 0.568. The van der Waals surface area contributed by atoms with Crippen molar-refractivity contribution in [3.8, 4) is 22.3 Å². The molecule has 0 spiro atoms. The van der Waals surface area contributed by atoms with E-state index in [0.29, 0.717) is 0 Å². The highest BCUT2D eigenvalue weighted by Crippen LogP contribution is 2.47. The third-order valence-electron chi connectivity index (χ3n) is 8.66. The molecular formula is C40H49NS. The second kappa shape index (κ2) is 9.98. The summed E-state index contributed by atoms with van der Waals surface area (Å²) in [6.45, 7) is 27.6. The zero-order chi connectivity index (χ0) is 31.0. The predicted molar refractivity (Wildman–Crippen MR) is 189 cm³/mol. The molecule has 1 heterocycles. The highest BCUT2D eigenvalue weighted by molar-refractivity contribution is 7.26. The molecule has 5 rings (SSSR count). The molecule has 2 heteroatoms. The van der Waals surface area contributed by atoms with Crippen LogP contribution in [0.3, 0.4) is 0 Å². The quantitative estimate of drug-likeness (QED) is 0.208. The van der Waals surface area contributed by atoms with E-state index in [9.17, 15) is 0 Å². The first kappa shape index (κ1) is 30.4. The molecule has 42 heavy (non-hydrogen) atoms. The number of rotatable bonds is 2. The number of fused-ring (bicyclic) bond motifs is 3. The standard InChI is InChI=1S/C40H49NS/c1-37(2,3)26-18-24(19-27(22-26)38(4,5)6)30-14-13-15-32-34(30)35-33(42-32)17-16-31(36(35)41)25-20-28(39(7,8)9)23-29(21-25)40(10,11)12/h13-23H,41H2,1-12H3. The molecule has 0 aliphatic heterocycles. The molecule has 4 aromatic carbocycles. The molecule has 1 aromatic heterocycles. The predicted octanol–water partition coefficient (Wildman–Crippen LogP) is 12.2. The zero-order valence-electron chi connectivity index (χ0n) is 27.8. The molecule has 2 N–H and O–H groups in total. The molecular weight excluding hydrogens is 527 g/mol. The molecule has 0 atom stereocenters. The van der Waals surface area contributed by atoms with E-state index >= 15 is 0 Å². The van der Waals surface area contributed by atoms with Gasteiger partial charge in [0.2, 0.25) is 0 Å². The molecule has 0 saturated heterocycles. The fourth-order valence-corrected chi connectivity index (χ4v) is 6.87. The van der Waals surface area contributed by atoms with E-state index in [1.54, 1.807) is 0 Å². The Morgan fingerprint density at radius 3 is 1.29 bits per heavy atom. The number of thiophene rings is 1. The minimum atomic E-state index is 0.0416. The third kappa shape index (κ3) is 5.63. The maximum atomic E-state index is 7.23. The molecule has 220 valence electrons. The van der Waals surface area contributed by atoms with Crippen molar-refractivity contribution in [3.05, 3.63) is 89.0 Å². The van der Waals surface area contributed by atoms with Crippen molar-refractivity contribution in [2.24, 2.45) is 0 Å². The number of nitrogens with two attached hydrogens (primary N) is 1. The van der Waals surface area contributed by atoms with E-state index in [4.69, 9.17) is 5.73 Å². The Morgan fingerprint density at radius 1 is 0.452 bits per heavy atom. The molecule has 0 bridgehead atoms. The van der Waals surface area contributed by atoms with Gasteiger partial charge in [0.25, 0.3) is 0 Å². The fourth-order valence-electron chi connectivity index (χ4n) is 5.73. The lowest BCUT2D eigenvalue weighted by Gasteiger charge is -2.27. The van der Waals surface area contributed by atoms with Crippen molar-refractivity contribution in [1.82, 2.24) is 0 Å². The van der Waals surface area contributed by atoms with E-state index < -0.39 is 0 Å². The van der Waals surface area contributed by atoms with Gasteiger partial charge in [-0.05, 0) is 72.7 Å². The number of hydrogen-bond donors (Lipinski definition) is 1. The molecule has 0 radical (unpaired) electrons. The van der Waals surface area contributed by atoms with Crippen LogP contribution in [0.15, 0.2) is 66.7 Å². The first-order valence-electron chi connectivity index (χ1n) is 15.3. The lowest BCUT2D eigenvalue weighted by Crippen LogP contribution is -2.16. The van der Waals surface area contributed by atoms with Gasteiger partial charge in [0.1, 0.15) is 0 Å². The topological polar surface area (TPSA) is 26.0 Å². The third-order valence-corrected chi connectivity index (χ3v) is 9.78. The van der Waals surface area contributed by atoms with Crippen LogP contribution in [0, 0.1) is 0 Å². The summed E-state index contributed by atoms with van der Waals surface area (Å²) < 4.78 is 2.52. The number of anilines is 1. The van der Waals surface area contributed by atoms with E-state index in [-0.39, 0.29) is 21.7 Å². The molecule has 0 aliphatic rings. The summed E-state index contributed by atoms with van der Waals surface area (Å²) in [6, 6.07) is 25.5. The van der Waals surface area contributed by atoms with Crippen molar-refractivity contribution >= 4 is 37.2 Å². The maximum Gasteiger partial charge on any atom is 0.0488 e. The Balaban J connectivity index is 1.83.